The summed E-state index contributed by atoms with van der Waals surface area (Å²) in [7, 11) is 0. The van der Waals surface area contributed by atoms with Crippen LogP contribution >= 0.6 is 31.9 Å². The molecular weight excluding hydrogens is 358 g/mol. The molecule has 0 fully saturated rings. The minimum absolute atomic E-state index is 0.119. The number of amides is 1. The van der Waals surface area contributed by atoms with Gasteiger partial charge in [0.2, 0.25) is 0 Å². The molecule has 0 aliphatic rings. The van der Waals surface area contributed by atoms with Crippen molar-refractivity contribution in [1.82, 2.24) is 0 Å². The maximum Gasteiger partial charge on any atom is 0.255 e. The number of carbonyl (C=O) groups excluding carboxylic acids is 1. The molecule has 0 saturated carbocycles. The molecular formula is C14H11Br2NO. The first kappa shape index (κ1) is 13.3. The first-order chi connectivity index (χ1) is 8.56. The smallest absolute Gasteiger partial charge is 0.255 e. The average Bonchev–Trinajstić information content (AvgIpc) is 2.31. The van der Waals surface area contributed by atoms with Crippen LogP contribution < -0.4 is 5.32 Å². The minimum atomic E-state index is -0.119. The first-order valence-electron chi connectivity index (χ1n) is 5.39. The summed E-state index contributed by atoms with van der Waals surface area (Å²) in [6.45, 7) is 1.96. The van der Waals surface area contributed by atoms with E-state index in [-0.39, 0.29) is 5.91 Å². The van der Waals surface area contributed by atoms with Crippen LogP contribution in [0.5, 0.6) is 0 Å². The molecule has 2 aromatic carbocycles. The van der Waals surface area contributed by atoms with E-state index in [9.17, 15) is 4.79 Å². The Morgan fingerprint density at radius 1 is 1.06 bits per heavy atom. The van der Waals surface area contributed by atoms with Crippen molar-refractivity contribution in [2.75, 3.05) is 5.32 Å². The van der Waals surface area contributed by atoms with Gasteiger partial charge in [-0.2, -0.15) is 0 Å². The van der Waals surface area contributed by atoms with Crippen LogP contribution in [0.1, 0.15) is 15.9 Å². The molecule has 2 nitrogen and oxygen atoms in total. The van der Waals surface area contributed by atoms with Crippen molar-refractivity contribution < 1.29 is 4.79 Å². The zero-order chi connectivity index (χ0) is 13.1. The van der Waals surface area contributed by atoms with E-state index in [4.69, 9.17) is 0 Å². The largest absolute Gasteiger partial charge is 0.322 e. The number of hydrogen-bond donors (Lipinski definition) is 1. The van der Waals surface area contributed by atoms with E-state index >= 15 is 0 Å². The Balaban J connectivity index is 2.25. The second-order valence-corrected chi connectivity index (χ2v) is 5.76. The van der Waals surface area contributed by atoms with E-state index in [0.29, 0.717) is 5.56 Å². The van der Waals surface area contributed by atoms with Crippen molar-refractivity contribution in [3.05, 3.63) is 62.5 Å². The Bertz CT molecular complexity index is 576. The summed E-state index contributed by atoms with van der Waals surface area (Å²) in [5.41, 5.74) is 2.48. The lowest BCUT2D eigenvalue weighted by Crippen LogP contribution is -2.12. The van der Waals surface area contributed by atoms with Gasteiger partial charge in [-0.25, -0.2) is 0 Å². The van der Waals surface area contributed by atoms with Crippen LogP contribution in [-0.2, 0) is 0 Å². The molecule has 1 N–H and O–H groups in total. The second kappa shape index (κ2) is 5.67. The number of rotatable bonds is 2. The molecule has 4 heteroatoms. The molecule has 2 rings (SSSR count). The molecule has 0 aliphatic carbocycles. The van der Waals surface area contributed by atoms with E-state index in [1.165, 1.54) is 0 Å². The number of hydrogen-bond acceptors (Lipinski definition) is 1. The maximum atomic E-state index is 12.1. The number of anilines is 1. The molecule has 0 aromatic heterocycles. The standard InChI is InChI=1S/C14H11Br2NO/c1-9-4-2-3-5-13(9)17-14(18)10-6-11(15)8-12(16)7-10/h2-8H,1H3,(H,17,18). The van der Waals surface area contributed by atoms with Crippen molar-refractivity contribution in [2.24, 2.45) is 0 Å². The van der Waals surface area contributed by atoms with Gasteiger partial charge in [0.1, 0.15) is 0 Å². The quantitative estimate of drug-likeness (QED) is 0.812. The topological polar surface area (TPSA) is 29.1 Å². The molecule has 0 radical (unpaired) electrons. The van der Waals surface area contributed by atoms with E-state index in [1.807, 2.05) is 37.3 Å². The summed E-state index contributed by atoms with van der Waals surface area (Å²) < 4.78 is 1.73. The van der Waals surface area contributed by atoms with Gasteiger partial charge in [0.25, 0.3) is 5.91 Å². The van der Waals surface area contributed by atoms with Gasteiger partial charge >= 0.3 is 0 Å². The summed E-state index contributed by atoms with van der Waals surface area (Å²) >= 11 is 6.74. The zero-order valence-corrected chi connectivity index (χ0v) is 12.9. The highest BCUT2D eigenvalue weighted by Crippen LogP contribution is 2.21. The van der Waals surface area contributed by atoms with Gasteiger partial charge in [-0.05, 0) is 36.8 Å². The van der Waals surface area contributed by atoms with Crippen molar-refractivity contribution >= 4 is 43.5 Å². The normalized spacial score (nSPS) is 10.2. The van der Waals surface area contributed by atoms with E-state index in [0.717, 1.165) is 20.2 Å². The summed E-state index contributed by atoms with van der Waals surface area (Å²) in [6, 6.07) is 13.2. The van der Waals surface area contributed by atoms with Gasteiger partial charge in [0.05, 0.1) is 0 Å². The van der Waals surface area contributed by atoms with Crippen LogP contribution in [0, 0.1) is 6.92 Å². The number of benzene rings is 2. The molecule has 92 valence electrons. The van der Waals surface area contributed by atoms with Gasteiger partial charge < -0.3 is 5.32 Å². The monoisotopic (exact) mass is 367 g/mol. The van der Waals surface area contributed by atoms with E-state index in [1.54, 1.807) is 12.1 Å². The number of halogens is 2. The minimum Gasteiger partial charge on any atom is -0.322 e. The van der Waals surface area contributed by atoms with Crippen molar-refractivity contribution in [3.63, 3.8) is 0 Å². The number of aryl methyl sites for hydroxylation is 1. The molecule has 0 aliphatic heterocycles. The summed E-state index contributed by atoms with van der Waals surface area (Å²) in [4.78, 5) is 12.1. The fourth-order valence-electron chi connectivity index (χ4n) is 1.59. The van der Waals surface area contributed by atoms with E-state index < -0.39 is 0 Å². The third kappa shape index (κ3) is 3.21. The number of carbonyl (C=O) groups is 1. The molecule has 0 spiro atoms. The molecule has 18 heavy (non-hydrogen) atoms. The lowest BCUT2D eigenvalue weighted by atomic mass is 10.1. The van der Waals surface area contributed by atoms with E-state index in [2.05, 4.69) is 37.2 Å². The predicted octanol–water partition coefficient (Wildman–Crippen LogP) is 4.77. The van der Waals surface area contributed by atoms with Crippen LogP contribution in [0.15, 0.2) is 51.4 Å². The highest BCUT2D eigenvalue weighted by molar-refractivity contribution is 9.11. The van der Waals surface area contributed by atoms with Crippen LogP contribution in [0.4, 0.5) is 5.69 Å². The molecule has 0 bridgehead atoms. The number of nitrogens with one attached hydrogen (secondary N) is 1. The summed E-state index contributed by atoms with van der Waals surface area (Å²) in [6.07, 6.45) is 0. The third-order valence-corrected chi connectivity index (χ3v) is 3.43. The maximum absolute atomic E-state index is 12.1. The first-order valence-corrected chi connectivity index (χ1v) is 6.98. The molecule has 1 amide bonds. The fourth-order valence-corrected chi connectivity index (χ4v) is 2.89. The lowest BCUT2D eigenvalue weighted by Gasteiger charge is -2.08. The van der Waals surface area contributed by atoms with Gasteiger partial charge in [-0.3, -0.25) is 4.79 Å². The predicted molar refractivity (Wildman–Crippen MR) is 81.0 cm³/mol. The fraction of sp³-hybridized carbons (Fsp3) is 0.0714. The summed E-state index contributed by atoms with van der Waals surface area (Å²) in [5.74, 6) is -0.119. The van der Waals surface area contributed by atoms with Crippen LogP contribution in [0.2, 0.25) is 0 Å². The van der Waals surface area contributed by atoms with Crippen molar-refractivity contribution in [1.29, 1.82) is 0 Å². The Kier molecular flexibility index (Phi) is 4.19. The van der Waals surface area contributed by atoms with Gasteiger partial charge in [-0.1, -0.05) is 50.1 Å². The van der Waals surface area contributed by atoms with Gasteiger partial charge in [0, 0.05) is 20.2 Å². The molecule has 0 unspecified atom stereocenters. The van der Waals surface area contributed by atoms with Crippen LogP contribution in [0.3, 0.4) is 0 Å². The second-order valence-electron chi connectivity index (χ2n) is 3.93. The van der Waals surface area contributed by atoms with Crippen molar-refractivity contribution in [3.8, 4) is 0 Å². The average molecular weight is 369 g/mol. The molecule has 0 atom stereocenters. The highest BCUT2D eigenvalue weighted by Gasteiger charge is 2.08. The van der Waals surface area contributed by atoms with Gasteiger partial charge in [-0.15, -0.1) is 0 Å². The third-order valence-electron chi connectivity index (χ3n) is 2.52. The zero-order valence-electron chi connectivity index (χ0n) is 9.71. The lowest BCUT2D eigenvalue weighted by molar-refractivity contribution is 0.102. The van der Waals surface area contributed by atoms with Crippen LogP contribution in [-0.4, -0.2) is 5.91 Å². The molecule has 0 heterocycles. The van der Waals surface area contributed by atoms with Crippen LogP contribution in [0.25, 0.3) is 0 Å². The SMILES string of the molecule is Cc1ccccc1NC(=O)c1cc(Br)cc(Br)c1. The summed E-state index contributed by atoms with van der Waals surface area (Å²) in [5, 5.41) is 2.90. The Morgan fingerprint density at radius 2 is 1.67 bits per heavy atom. The Morgan fingerprint density at radius 3 is 2.28 bits per heavy atom. The molecule has 2 aromatic rings. The highest BCUT2D eigenvalue weighted by atomic mass is 79.9. The Hall–Kier alpha value is -1.13. The van der Waals surface area contributed by atoms with Crippen molar-refractivity contribution in [2.45, 2.75) is 6.92 Å². The Labute approximate surface area is 123 Å². The molecule has 0 saturated heterocycles. The number of para-hydroxylation sites is 1. The van der Waals surface area contributed by atoms with Gasteiger partial charge in [0.15, 0.2) is 0 Å².